The van der Waals surface area contributed by atoms with Crippen LogP contribution in [-0.2, 0) is 4.79 Å². The topological polar surface area (TPSA) is 46.6 Å². The monoisotopic (exact) mass is 269 g/mol. The normalized spacial score (nSPS) is 15.4. The summed E-state index contributed by atoms with van der Waals surface area (Å²) in [4.78, 5) is 24.9. The van der Waals surface area contributed by atoms with E-state index in [4.69, 9.17) is 4.74 Å². The summed E-state index contributed by atoms with van der Waals surface area (Å²) < 4.78 is 5.48. The number of rotatable bonds is 1. The van der Waals surface area contributed by atoms with E-state index in [-0.39, 0.29) is 11.9 Å². The smallest absolute Gasteiger partial charge is 0.410 e. The van der Waals surface area contributed by atoms with Gasteiger partial charge in [-0.1, -0.05) is 36.4 Å². The number of carbonyl (C=O) groups excluding carboxylic acids is 2. The van der Waals surface area contributed by atoms with E-state index in [1.807, 2.05) is 36.4 Å². The summed E-state index contributed by atoms with van der Waals surface area (Å²) in [6.07, 6.45) is 0.462. The van der Waals surface area contributed by atoms with E-state index in [9.17, 15) is 9.59 Å². The van der Waals surface area contributed by atoms with Gasteiger partial charge in [0.1, 0.15) is 11.5 Å². The van der Waals surface area contributed by atoms with Gasteiger partial charge in [-0.2, -0.15) is 0 Å². The van der Waals surface area contributed by atoms with Gasteiger partial charge in [0.05, 0.1) is 0 Å². The van der Waals surface area contributed by atoms with E-state index < -0.39 is 0 Å². The predicted octanol–water partition coefficient (Wildman–Crippen LogP) is 3.00. The minimum Gasteiger partial charge on any atom is -0.410 e. The number of Topliss-reactive ketones (excluding diaryl/α,β-unsaturated/α-hetero) is 1. The standard InChI is InChI=1S/C16H15NO3/c18-13-8-10-17(11-9-13)16(19)20-15-7-3-5-12-4-1-2-6-14(12)15/h1-7H,8-11H2. The van der Waals surface area contributed by atoms with Crippen molar-refractivity contribution in [3.63, 3.8) is 0 Å². The summed E-state index contributed by atoms with van der Waals surface area (Å²) in [7, 11) is 0. The summed E-state index contributed by atoms with van der Waals surface area (Å²) in [6.45, 7) is 0.894. The van der Waals surface area contributed by atoms with Gasteiger partial charge in [0, 0.05) is 31.3 Å². The van der Waals surface area contributed by atoms with Crippen LogP contribution in [0.4, 0.5) is 4.79 Å². The van der Waals surface area contributed by atoms with E-state index in [1.165, 1.54) is 0 Å². The van der Waals surface area contributed by atoms with Gasteiger partial charge in [-0.05, 0) is 11.5 Å². The van der Waals surface area contributed by atoms with E-state index >= 15 is 0 Å². The Hall–Kier alpha value is -2.36. The maximum absolute atomic E-state index is 12.1. The van der Waals surface area contributed by atoms with Crippen LogP contribution in [0.3, 0.4) is 0 Å². The summed E-state index contributed by atoms with van der Waals surface area (Å²) in [5.41, 5.74) is 0. The molecule has 0 aliphatic carbocycles. The Morgan fingerprint density at radius 2 is 1.70 bits per heavy atom. The highest BCUT2D eigenvalue weighted by Gasteiger charge is 2.22. The molecule has 2 aromatic rings. The number of hydrogen-bond acceptors (Lipinski definition) is 3. The zero-order valence-electron chi connectivity index (χ0n) is 11.0. The fourth-order valence-corrected chi connectivity index (χ4v) is 2.38. The van der Waals surface area contributed by atoms with Crippen LogP contribution >= 0.6 is 0 Å². The van der Waals surface area contributed by atoms with Crippen LogP contribution in [0.5, 0.6) is 5.75 Å². The Kier molecular flexibility index (Phi) is 3.37. The molecule has 0 unspecified atom stereocenters. The molecule has 0 saturated carbocycles. The molecule has 0 radical (unpaired) electrons. The van der Waals surface area contributed by atoms with Gasteiger partial charge >= 0.3 is 6.09 Å². The molecule has 1 aliphatic heterocycles. The van der Waals surface area contributed by atoms with E-state index in [0.717, 1.165) is 10.8 Å². The lowest BCUT2D eigenvalue weighted by atomic mass is 10.1. The van der Waals surface area contributed by atoms with Crippen LogP contribution in [0.15, 0.2) is 42.5 Å². The molecule has 3 rings (SSSR count). The van der Waals surface area contributed by atoms with E-state index in [2.05, 4.69) is 0 Å². The van der Waals surface area contributed by atoms with Crippen molar-refractivity contribution >= 4 is 22.6 Å². The molecule has 1 amide bonds. The molecule has 4 nitrogen and oxygen atoms in total. The lowest BCUT2D eigenvalue weighted by Gasteiger charge is -2.25. The highest BCUT2D eigenvalue weighted by atomic mass is 16.6. The summed E-state index contributed by atoms with van der Waals surface area (Å²) in [6, 6.07) is 13.4. The molecular formula is C16H15NO3. The lowest BCUT2D eigenvalue weighted by Crippen LogP contribution is -2.40. The molecule has 1 saturated heterocycles. The van der Waals surface area contributed by atoms with Crippen molar-refractivity contribution < 1.29 is 14.3 Å². The van der Waals surface area contributed by atoms with Crippen molar-refractivity contribution in [1.29, 1.82) is 0 Å². The molecule has 0 aromatic heterocycles. The number of likely N-dealkylation sites (tertiary alicyclic amines) is 1. The number of fused-ring (bicyclic) bond motifs is 1. The molecule has 0 atom stereocenters. The Labute approximate surface area is 116 Å². The first-order chi connectivity index (χ1) is 9.74. The van der Waals surface area contributed by atoms with Gasteiger partial charge in [0.2, 0.25) is 0 Å². The minimum absolute atomic E-state index is 0.208. The molecule has 2 aromatic carbocycles. The second-order valence-electron chi connectivity index (χ2n) is 4.87. The number of nitrogens with zero attached hydrogens (tertiary/aromatic N) is 1. The van der Waals surface area contributed by atoms with Crippen LogP contribution < -0.4 is 4.74 Å². The SMILES string of the molecule is O=C1CCN(C(=O)Oc2cccc3ccccc23)CC1. The van der Waals surface area contributed by atoms with Crippen molar-refractivity contribution in [2.45, 2.75) is 12.8 Å². The fraction of sp³-hybridized carbons (Fsp3) is 0.250. The number of piperidine rings is 1. The first-order valence-corrected chi connectivity index (χ1v) is 6.70. The summed E-state index contributed by atoms with van der Waals surface area (Å²) in [5.74, 6) is 0.768. The van der Waals surface area contributed by atoms with Crippen LogP contribution in [0, 0.1) is 0 Å². The molecule has 4 heteroatoms. The number of benzene rings is 2. The number of amides is 1. The van der Waals surface area contributed by atoms with Gasteiger partial charge in [-0.3, -0.25) is 4.79 Å². The number of ketones is 1. The third-order valence-corrected chi connectivity index (χ3v) is 3.53. The van der Waals surface area contributed by atoms with Crippen LogP contribution in [0.2, 0.25) is 0 Å². The molecule has 0 bridgehead atoms. The minimum atomic E-state index is -0.381. The van der Waals surface area contributed by atoms with Crippen LogP contribution in [-0.4, -0.2) is 29.9 Å². The highest BCUT2D eigenvalue weighted by Crippen LogP contribution is 2.25. The quantitative estimate of drug-likeness (QED) is 0.799. The first kappa shape index (κ1) is 12.7. The Morgan fingerprint density at radius 1 is 1.00 bits per heavy atom. The van der Waals surface area contributed by atoms with E-state index in [1.54, 1.807) is 11.0 Å². The Morgan fingerprint density at radius 3 is 2.50 bits per heavy atom. The highest BCUT2D eigenvalue weighted by molar-refractivity contribution is 5.90. The average Bonchev–Trinajstić information content (AvgIpc) is 2.48. The molecule has 1 aliphatic rings. The lowest BCUT2D eigenvalue weighted by molar-refractivity contribution is -0.121. The molecule has 1 heterocycles. The van der Waals surface area contributed by atoms with Gasteiger partial charge in [-0.15, -0.1) is 0 Å². The maximum atomic E-state index is 12.1. The molecule has 20 heavy (non-hydrogen) atoms. The van der Waals surface area contributed by atoms with Gasteiger partial charge in [-0.25, -0.2) is 4.79 Å². The maximum Gasteiger partial charge on any atom is 0.415 e. The van der Waals surface area contributed by atoms with Crippen molar-refractivity contribution in [2.24, 2.45) is 0 Å². The third-order valence-electron chi connectivity index (χ3n) is 3.53. The molecule has 102 valence electrons. The number of hydrogen-bond donors (Lipinski definition) is 0. The van der Waals surface area contributed by atoms with Crippen molar-refractivity contribution in [3.8, 4) is 5.75 Å². The second-order valence-corrected chi connectivity index (χ2v) is 4.87. The number of ether oxygens (including phenoxy) is 1. The van der Waals surface area contributed by atoms with Crippen molar-refractivity contribution in [1.82, 2.24) is 4.90 Å². The molecular weight excluding hydrogens is 254 g/mol. The predicted molar refractivity (Wildman–Crippen MR) is 75.8 cm³/mol. The molecule has 0 N–H and O–H groups in total. The average molecular weight is 269 g/mol. The van der Waals surface area contributed by atoms with Crippen molar-refractivity contribution in [3.05, 3.63) is 42.5 Å². The molecule has 1 fully saturated rings. The van der Waals surface area contributed by atoms with E-state index in [0.29, 0.717) is 31.7 Å². The Bertz CT molecular complexity index is 650. The summed E-state index contributed by atoms with van der Waals surface area (Å²) >= 11 is 0. The van der Waals surface area contributed by atoms with Crippen molar-refractivity contribution in [2.75, 3.05) is 13.1 Å². The van der Waals surface area contributed by atoms with Gasteiger partial charge in [0.25, 0.3) is 0 Å². The fourth-order valence-electron chi connectivity index (χ4n) is 2.38. The number of carbonyl (C=O) groups is 2. The van der Waals surface area contributed by atoms with Gasteiger partial charge < -0.3 is 9.64 Å². The first-order valence-electron chi connectivity index (χ1n) is 6.70. The van der Waals surface area contributed by atoms with Crippen LogP contribution in [0.1, 0.15) is 12.8 Å². The summed E-state index contributed by atoms with van der Waals surface area (Å²) in [5, 5.41) is 1.95. The Balaban J connectivity index is 1.79. The zero-order chi connectivity index (χ0) is 13.9. The largest absolute Gasteiger partial charge is 0.415 e. The van der Waals surface area contributed by atoms with Crippen LogP contribution in [0.25, 0.3) is 10.8 Å². The third kappa shape index (κ3) is 2.50. The molecule has 0 spiro atoms. The zero-order valence-corrected chi connectivity index (χ0v) is 11.0. The second kappa shape index (κ2) is 5.33. The van der Waals surface area contributed by atoms with Gasteiger partial charge in [0.15, 0.2) is 0 Å².